The minimum atomic E-state index is -0.137. The van der Waals surface area contributed by atoms with Crippen LogP contribution in [-0.4, -0.2) is 20.0 Å². The molecule has 0 saturated heterocycles. The number of halogens is 1. The molecule has 110 valence electrons. The molecular weight excluding hydrogens is 286 g/mol. The zero-order valence-electron chi connectivity index (χ0n) is 12.1. The predicted octanol–water partition coefficient (Wildman–Crippen LogP) is 2.92. The van der Waals surface area contributed by atoms with E-state index in [2.05, 4.69) is 5.32 Å². The average molecular weight is 304 g/mol. The van der Waals surface area contributed by atoms with Gasteiger partial charge in [0.25, 0.3) is 5.91 Å². The van der Waals surface area contributed by atoms with Gasteiger partial charge in [-0.3, -0.25) is 4.79 Å². The first-order valence-electron chi connectivity index (χ1n) is 6.59. The fourth-order valence-electron chi connectivity index (χ4n) is 2.13. The van der Waals surface area contributed by atoms with Gasteiger partial charge in [-0.05, 0) is 29.8 Å². The molecule has 5 heteroatoms. The van der Waals surface area contributed by atoms with E-state index in [0.29, 0.717) is 22.8 Å². The number of benzene rings is 2. The van der Waals surface area contributed by atoms with Crippen molar-refractivity contribution in [1.29, 1.82) is 0 Å². The van der Waals surface area contributed by atoms with Crippen molar-refractivity contribution < 1.29 is 4.79 Å². The number of amides is 1. The molecule has 21 heavy (non-hydrogen) atoms. The number of hydrogen-bond acceptors (Lipinski definition) is 3. The van der Waals surface area contributed by atoms with Crippen molar-refractivity contribution in [2.75, 3.05) is 24.7 Å². The summed E-state index contributed by atoms with van der Waals surface area (Å²) in [5.41, 5.74) is 9.02. The van der Waals surface area contributed by atoms with Gasteiger partial charge >= 0.3 is 0 Å². The summed E-state index contributed by atoms with van der Waals surface area (Å²) < 4.78 is 0. The summed E-state index contributed by atoms with van der Waals surface area (Å²) in [5, 5.41) is 3.32. The monoisotopic (exact) mass is 303 g/mol. The number of hydrogen-bond donors (Lipinski definition) is 2. The molecular formula is C16H18ClN3O. The summed E-state index contributed by atoms with van der Waals surface area (Å²) in [6.07, 6.45) is 0. The number of carbonyl (C=O) groups is 1. The molecule has 0 aliphatic carbocycles. The third-order valence-electron chi connectivity index (χ3n) is 3.30. The van der Waals surface area contributed by atoms with Gasteiger partial charge in [-0.1, -0.05) is 29.8 Å². The zero-order valence-corrected chi connectivity index (χ0v) is 12.8. The summed E-state index contributed by atoms with van der Waals surface area (Å²) in [4.78, 5) is 13.7. The second kappa shape index (κ2) is 6.50. The van der Waals surface area contributed by atoms with Gasteiger partial charge in [-0.25, -0.2) is 0 Å². The summed E-state index contributed by atoms with van der Waals surface area (Å²) in [6, 6.07) is 12.9. The van der Waals surface area contributed by atoms with E-state index in [4.69, 9.17) is 17.3 Å². The van der Waals surface area contributed by atoms with Crippen molar-refractivity contribution in [1.82, 2.24) is 5.32 Å². The standard InChI is InChI=1S/C16H18ClN3O/c1-19-16(21)11-7-8-14(18)15(9-11)20(2)10-12-5-3-4-6-13(12)17/h3-9H,10,18H2,1-2H3,(H,19,21). The third kappa shape index (κ3) is 3.47. The fraction of sp³-hybridized carbons (Fsp3) is 0.188. The molecule has 0 aliphatic rings. The second-order valence-electron chi connectivity index (χ2n) is 4.80. The van der Waals surface area contributed by atoms with Crippen LogP contribution in [0.4, 0.5) is 11.4 Å². The van der Waals surface area contributed by atoms with Crippen LogP contribution in [0.3, 0.4) is 0 Å². The Morgan fingerprint density at radius 3 is 2.67 bits per heavy atom. The van der Waals surface area contributed by atoms with Crippen LogP contribution in [-0.2, 0) is 6.54 Å². The molecule has 0 aliphatic heterocycles. The van der Waals surface area contributed by atoms with Crippen LogP contribution in [0.15, 0.2) is 42.5 Å². The first-order chi connectivity index (χ1) is 10.0. The number of carbonyl (C=O) groups excluding carboxylic acids is 1. The highest BCUT2D eigenvalue weighted by molar-refractivity contribution is 6.31. The molecule has 2 aromatic rings. The van der Waals surface area contributed by atoms with E-state index in [9.17, 15) is 4.79 Å². The van der Waals surface area contributed by atoms with E-state index >= 15 is 0 Å². The molecule has 0 fully saturated rings. The highest BCUT2D eigenvalue weighted by Gasteiger charge is 2.11. The first kappa shape index (κ1) is 15.2. The quantitative estimate of drug-likeness (QED) is 0.854. The van der Waals surface area contributed by atoms with Crippen molar-refractivity contribution in [3.05, 3.63) is 58.6 Å². The van der Waals surface area contributed by atoms with Crippen molar-refractivity contribution in [3.63, 3.8) is 0 Å². The van der Waals surface area contributed by atoms with Crippen LogP contribution in [0, 0.1) is 0 Å². The maximum Gasteiger partial charge on any atom is 0.251 e. The predicted molar refractivity (Wildman–Crippen MR) is 87.8 cm³/mol. The molecule has 2 rings (SSSR count). The Morgan fingerprint density at radius 1 is 1.29 bits per heavy atom. The van der Waals surface area contributed by atoms with E-state index in [-0.39, 0.29) is 5.91 Å². The molecule has 4 nitrogen and oxygen atoms in total. The van der Waals surface area contributed by atoms with Crippen LogP contribution in [0.25, 0.3) is 0 Å². The van der Waals surface area contributed by atoms with Crippen LogP contribution < -0.4 is 16.0 Å². The highest BCUT2D eigenvalue weighted by atomic mass is 35.5. The maximum absolute atomic E-state index is 11.7. The van der Waals surface area contributed by atoms with Crippen LogP contribution in [0.5, 0.6) is 0 Å². The van der Waals surface area contributed by atoms with Crippen molar-refractivity contribution in [2.24, 2.45) is 0 Å². The minimum Gasteiger partial charge on any atom is -0.397 e. The van der Waals surface area contributed by atoms with Crippen LogP contribution in [0.2, 0.25) is 5.02 Å². The summed E-state index contributed by atoms with van der Waals surface area (Å²) in [7, 11) is 3.52. The lowest BCUT2D eigenvalue weighted by atomic mass is 10.1. The van der Waals surface area contributed by atoms with Crippen molar-refractivity contribution in [2.45, 2.75) is 6.54 Å². The van der Waals surface area contributed by atoms with Crippen molar-refractivity contribution >= 4 is 28.9 Å². The second-order valence-corrected chi connectivity index (χ2v) is 5.21. The Hall–Kier alpha value is -2.20. The summed E-state index contributed by atoms with van der Waals surface area (Å²) >= 11 is 6.18. The van der Waals surface area contributed by atoms with E-state index in [1.807, 2.05) is 36.2 Å². The molecule has 0 radical (unpaired) electrons. The van der Waals surface area contributed by atoms with Gasteiger partial charge < -0.3 is 16.0 Å². The van der Waals surface area contributed by atoms with Gasteiger partial charge in [0.15, 0.2) is 0 Å². The van der Waals surface area contributed by atoms with Gasteiger partial charge in [0.1, 0.15) is 0 Å². The van der Waals surface area contributed by atoms with Gasteiger partial charge in [0.2, 0.25) is 0 Å². The summed E-state index contributed by atoms with van der Waals surface area (Å²) in [6.45, 7) is 0.612. The number of nitrogens with one attached hydrogen (secondary N) is 1. The van der Waals surface area contributed by atoms with Gasteiger partial charge in [0, 0.05) is 31.2 Å². The fourth-order valence-corrected chi connectivity index (χ4v) is 2.32. The average Bonchev–Trinajstić information content (AvgIpc) is 2.49. The molecule has 0 atom stereocenters. The Bertz CT molecular complexity index is 658. The molecule has 0 bridgehead atoms. The van der Waals surface area contributed by atoms with E-state index in [1.165, 1.54) is 0 Å². The van der Waals surface area contributed by atoms with E-state index < -0.39 is 0 Å². The number of nitrogen functional groups attached to an aromatic ring is 1. The van der Waals surface area contributed by atoms with Gasteiger partial charge in [-0.15, -0.1) is 0 Å². The lowest BCUT2D eigenvalue weighted by Crippen LogP contribution is -2.21. The normalized spacial score (nSPS) is 10.2. The molecule has 1 amide bonds. The molecule has 0 heterocycles. The largest absolute Gasteiger partial charge is 0.397 e. The zero-order chi connectivity index (χ0) is 15.4. The SMILES string of the molecule is CNC(=O)c1ccc(N)c(N(C)Cc2ccccc2Cl)c1. The van der Waals surface area contributed by atoms with Crippen LogP contribution in [0.1, 0.15) is 15.9 Å². The molecule has 0 spiro atoms. The number of rotatable bonds is 4. The molecule has 2 aromatic carbocycles. The lowest BCUT2D eigenvalue weighted by molar-refractivity contribution is 0.0963. The Labute approximate surface area is 129 Å². The maximum atomic E-state index is 11.7. The minimum absolute atomic E-state index is 0.137. The third-order valence-corrected chi connectivity index (χ3v) is 3.67. The Morgan fingerprint density at radius 2 is 2.00 bits per heavy atom. The number of anilines is 2. The first-order valence-corrected chi connectivity index (χ1v) is 6.97. The van der Waals surface area contributed by atoms with E-state index in [0.717, 1.165) is 11.3 Å². The Balaban J connectivity index is 2.28. The molecule has 0 unspecified atom stereocenters. The number of nitrogens with zero attached hydrogens (tertiary/aromatic N) is 1. The van der Waals surface area contributed by atoms with Gasteiger partial charge in [-0.2, -0.15) is 0 Å². The summed E-state index contributed by atoms with van der Waals surface area (Å²) in [5.74, 6) is -0.137. The van der Waals surface area contributed by atoms with Gasteiger partial charge in [0.05, 0.1) is 11.4 Å². The molecule has 0 aromatic heterocycles. The van der Waals surface area contributed by atoms with Crippen molar-refractivity contribution in [3.8, 4) is 0 Å². The molecule has 0 saturated carbocycles. The smallest absolute Gasteiger partial charge is 0.251 e. The highest BCUT2D eigenvalue weighted by Crippen LogP contribution is 2.26. The Kier molecular flexibility index (Phi) is 4.70. The topological polar surface area (TPSA) is 58.4 Å². The van der Waals surface area contributed by atoms with E-state index in [1.54, 1.807) is 25.2 Å². The molecule has 3 N–H and O–H groups in total. The number of nitrogens with two attached hydrogens (primary N) is 1. The van der Waals surface area contributed by atoms with Crippen LogP contribution >= 0.6 is 11.6 Å². The lowest BCUT2D eigenvalue weighted by Gasteiger charge is -2.22.